The highest BCUT2D eigenvalue weighted by atomic mass is 16.3. The molecule has 1 heterocycles. The molecular weight excluding hydrogens is 164 g/mol. The molecule has 0 aromatic carbocycles. The van der Waals surface area contributed by atoms with Crippen LogP contribution in [0.1, 0.15) is 27.2 Å². The fourth-order valence-corrected chi connectivity index (χ4v) is 1.94. The molecule has 0 aliphatic carbocycles. The zero-order valence-corrected chi connectivity index (χ0v) is 8.95. The van der Waals surface area contributed by atoms with Crippen LogP contribution in [0.3, 0.4) is 0 Å². The Kier molecular flexibility index (Phi) is 3.33. The Hall–Kier alpha value is -0.120. The van der Waals surface area contributed by atoms with E-state index in [9.17, 15) is 5.11 Å². The van der Waals surface area contributed by atoms with Crippen molar-refractivity contribution in [3.63, 3.8) is 0 Å². The van der Waals surface area contributed by atoms with Gasteiger partial charge in [0.1, 0.15) is 0 Å². The van der Waals surface area contributed by atoms with Crippen molar-refractivity contribution < 1.29 is 5.11 Å². The van der Waals surface area contributed by atoms with Gasteiger partial charge >= 0.3 is 0 Å². The van der Waals surface area contributed by atoms with Crippen molar-refractivity contribution in [2.24, 2.45) is 11.7 Å². The Morgan fingerprint density at radius 2 is 2.15 bits per heavy atom. The molecule has 2 unspecified atom stereocenters. The molecule has 0 aromatic rings. The lowest BCUT2D eigenvalue weighted by Gasteiger charge is -2.37. The predicted molar refractivity (Wildman–Crippen MR) is 54.5 cm³/mol. The van der Waals surface area contributed by atoms with Crippen LogP contribution in [-0.2, 0) is 0 Å². The van der Waals surface area contributed by atoms with Crippen LogP contribution < -0.4 is 5.73 Å². The molecule has 1 rings (SSSR count). The van der Waals surface area contributed by atoms with Crippen molar-refractivity contribution in [3.8, 4) is 0 Å². The normalized spacial score (nSPS) is 32.1. The summed E-state index contributed by atoms with van der Waals surface area (Å²) in [4.78, 5) is 2.30. The van der Waals surface area contributed by atoms with E-state index in [1.807, 2.05) is 13.8 Å². The number of rotatable bonds is 2. The topological polar surface area (TPSA) is 49.5 Å². The average Bonchev–Trinajstić information content (AvgIpc) is 1.94. The average molecular weight is 186 g/mol. The third kappa shape index (κ3) is 3.63. The van der Waals surface area contributed by atoms with Crippen molar-refractivity contribution in [3.05, 3.63) is 0 Å². The molecule has 3 N–H and O–H groups in total. The molecule has 1 saturated heterocycles. The van der Waals surface area contributed by atoms with Crippen LogP contribution >= 0.6 is 0 Å². The summed E-state index contributed by atoms with van der Waals surface area (Å²) in [6, 6.07) is 0.345. The first kappa shape index (κ1) is 11.0. The van der Waals surface area contributed by atoms with E-state index in [0.717, 1.165) is 26.1 Å². The third-order valence-corrected chi connectivity index (χ3v) is 2.67. The summed E-state index contributed by atoms with van der Waals surface area (Å²) in [6.45, 7) is 8.68. The van der Waals surface area contributed by atoms with Crippen molar-refractivity contribution >= 4 is 0 Å². The Balaban J connectivity index is 2.38. The zero-order chi connectivity index (χ0) is 10.1. The minimum Gasteiger partial charge on any atom is -0.389 e. The van der Waals surface area contributed by atoms with Gasteiger partial charge in [0, 0.05) is 19.1 Å². The minimum absolute atomic E-state index is 0.345. The number of likely N-dealkylation sites (tertiary alicyclic amines) is 1. The van der Waals surface area contributed by atoms with Gasteiger partial charge in [0.05, 0.1) is 5.60 Å². The molecule has 2 atom stereocenters. The van der Waals surface area contributed by atoms with Crippen LogP contribution in [0, 0.1) is 5.92 Å². The Morgan fingerprint density at radius 3 is 2.62 bits per heavy atom. The van der Waals surface area contributed by atoms with E-state index < -0.39 is 5.60 Å². The Morgan fingerprint density at radius 1 is 1.54 bits per heavy atom. The van der Waals surface area contributed by atoms with Gasteiger partial charge in [-0.25, -0.2) is 0 Å². The van der Waals surface area contributed by atoms with Crippen molar-refractivity contribution in [1.29, 1.82) is 0 Å². The molecular formula is C10H22N2O. The van der Waals surface area contributed by atoms with E-state index >= 15 is 0 Å². The molecule has 1 aliphatic rings. The van der Waals surface area contributed by atoms with Crippen LogP contribution in [0.5, 0.6) is 0 Å². The van der Waals surface area contributed by atoms with Crippen molar-refractivity contribution in [1.82, 2.24) is 4.90 Å². The van der Waals surface area contributed by atoms with Gasteiger partial charge in [0.15, 0.2) is 0 Å². The fraction of sp³-hybridized carbons (Fsp3) is 1.00. The highest BCUT2D eigenvalue weighted by molar-refractivity contribution is 4.83. The molecule has 1 fully saturated rings. The van der Waals surface area contributed by atoms with Gasteiger partial charge in [-0.1, -0.05) is 6.92 Å². The number of piperidine rings is 1. The number of hydrogen-bond acceptors (Lipinski definition) is 3. The standard InChI is InChI=1S/C10H22N2O/c1-8-6-12(5-4-9(8)11)7-10(2,3)13/h8-9,13H,4-7,11H2,1-3H3. The highest BCUT2D eigenvalue weighted by Gasteiger charge is 2.26. The molecule has 3 nitrogen and oxygen atoms in total. The molecule has 78 valence electrons. The van der Waals surface area contributed by atoms with E-state index in [1.54, 1.807) is 0 Å². The van der Waals surface area contributed by atoms with Crippen LogP contribution in [0.15, 0.2) is 0 Å². The monoisotopic (exact) mass is 186 g/mol. The molecule has 0 spiro atoms. The van der Waals surface area contributed by atoms with E-state index in [0.29, 0.717) is 12.0 Å². The number of nitrogens with zero attached hydrogens (tertiary/aromatic N) is 1. The van der Waals surface area contributed by atoms with Crippen molar-refractivity contribution in [2.45, 2.75) is 38.8 Å². The molecule has 0 aromatic heterocycles. The van der Waals surface area contributed by atoms with Gasteiger partial charge in [-0.05, 0) is 32.7 Å². The Labute approximate surface area is 80.9 Å². The van der Waals surface area contributed by atoms with Gasteiger partial charge in [-0.3, -0.25) is 0 Å². The first-order valence-electron chi connectivity index (χ1n) is 5.09. The molecule has 0 radical (unpaired) electrons. The summed E-state index contributed by atoms with van der Waals surface area (Å²) in [5.41, 5.74) is 5.33. The highest BCUT2D eigenvalue weighted by Crippen LogP contribution is 2.16. The number of aliphatic hydroxyl groups is 1. The van der Waals surface area contributed by atoms with Gasteiger partial charge < -0.3 is 15.7 Å². The van der Waals surface area contributed by atoms with Crippen LogP contribution in [-0.4, -0.2) is 41.3 Å². The van der Waals surface area contributed by atoms with E-state index in [4.69, 9.17) is 5.73 Å². The zero-order valence-electron chi connectivity index (χ0n) is 8.95. The fourth-order valence-electron chi connectivity index (χ4n) is 1.94. The molecule has 0 amide bonds. The van der Waals surface area contributed by atoms with Gasteiger partial charge in [0.25, 0.3) is 0 Å². The van der Waals surface area contributed by atoms with Gasteiger partial charge in [0.2, 0.25) is 0 Å². The summed E-state index contributed by atoms with van der Waals surface area (Å²) in [5, 5.41) is 9.65. The lowest BCUT2D eigenvalue weighted by Crippen LogP contribution is -2.49. The first-order valence-corrected chi connectivity index (χ1v) is 5.09. The van der Waals surface area contributed by atoms with Crippen LogP contribution in [0.4, 0.5) is 0 Å². The van der Waals surface area contributed by atoms with Gasteiger partial charge in [-0.2, -0.15) is 0 Å². The first-order chi connectivity index (χ1) is 5.88. The largest absolute Gasteiger partial charge is 0.389 e. The summed E-state index contributed by atoms with van der Waals surface area (Å²) in [5.74, 6) is 0.552. The SMILES string of the molecule is CC1CN(CC(C)(C)O)CCC1N. The summed E-state index contributed by atoms with van der Waals surface area (Å²) < 4.78 is 0. The maximum atomic E-state index is 9.65. The maximum Gasteiger partial charge on any atom is 0.0718 e. The van der Waals surface area contributed by atoms with E-state index in [1.165, 1.54) is 0 Å². The molecule has 0 saturated carbocycles. The molecule has 0 bridgehead atoms. The van der Waals surface area contributed by atoms with Gasteiger partial charge in [-0.15, -0.1) is 0 Å². The second-order valence-corrected chi connectivity index (χ2v) is 4.98. The third-order valence-electron chi connectivity index (χ3n) is 2.67. The predicted octanol–water partition coefficient (Wildman–Crippen LogP) is 0.426. The summed E-state index contributed by atoms with van der Waals surface area (Å²) in [6.07, 6.45) is 1.05. The molecule has 13 heavy (non-hydrogen) atoms. The van der Waals surface area contributed by atoms with Crippen molar-refractivity contribution in [2.75, 3.05) is 19.6 Å². The second-order valence-electron chi connectivity index (χ2n) is 4.98. The minimum atomic E-state index is -0.582. The lowest BCUT2D eigenvalue weighted by molar-refractivity contribution is 0.0201. The second kappa shape index (κ2) is 3.95. The number of β-amino-alcohol motifs (C(OH)–C–C–N with tert-alkyl or cyclic N) is 1. The smallest absolute Gasteiger partial charge is 0.0718 e. The summed E-state index contributed by atoms with van der Waals surface area (Å²) in [7, 11) is 0. The number of hydrogen-bond donors (Lipinski definition) is 2. The van der Waals surface area contributed by atoms with E-state index in [2.05, 4.69) is 11.8 Å². The molecule has 3 heteroatoms. The summed E-state index contributed by atoms with van der Waals surface area (Å²) >= 11 is 0. The van der Waals surface area contributed by atoms with E-state index in [-0.39, 0.29) is 0 Å². The number of nitrogens with two attached hydrogens (primary N) is 1. The molecule has 1 aliphatic heterocycles. The Bertz CT molecular complexity index is 165. The van der Waals surface area contributed by atoms with Crippen LogP contribution in [0.25, 0.3) is 0 Å². The quantitative estimate of drug-likeness (QED) is 0.657. The van der Waals surface area contributed by atoms with Crippen LogP contribution in [0.2, 0.25) is 0 Å². The maximum absolute atomic E-state index is 9.65. The lowest BCUT2D eigenvalue weighted by atomic mass is 9.94.